The van der Waals surface area contributed by atoms with Gasteiger partial charge >= 0.3 is 24.3 Å². The molecule has 11 aromatic rings. The number of esters is 2. The van der Waals surface area contributed by atoms with Crippen LogP contribution in [0, 0.1) is 27.7 Å². The Labute approximate surface area is 563 Å². The highest BCUT2D eigenvalue weighted by atomic mass is 19.4. The molecule has 11 aromatic carbocycles. The molecule has 18 nitrogen and oxygen atoms in total. The van der Waals surface area contributed by atoms with Gasteiger partial charge in [-0.25, -0.2) is 9.59 Å². The summed E-state index contributed by atoms with van der Waals surface area (Å²) in [7, 11) is 0. The first-order valence-corrected chi connectivity index (χ1v) is 31.5. The number of halogens is 6. The minimum atomic E-state index is -5.70. The Hall–Kier alpha value is -11.8. The van der Waals surface area contributed by atoms with Gasteiger partial charge in [-0.1, -0.05) is 70.8 Å². The lowest BCUT2D eigenvalue weighted by molar-refractivity contribution is -0.189. The first-order chi connectivity index (χ1) is 47.9. The molecule has 2 N–H and O–H groups in total. The Bertz CT molecular complexity index is 4630. The van der Waals surface area contributed by atoms with E-state index in [0.29, 0.717) is 37.7 Å². The van der Waals surface area contributed by atoms with Gasteiger partial charge in [0, 0.05) is 67.6 Å². The first kappa shape index (κ1) is 64.2. The number of imide groups is 2. The fourth-order valence-electron chi connectivity index (χ4n) is 12.5. The van der Waals surface area contributed by atoms with Gasteiger partial charge in [-0.15, -0.1) is 0 Å². The van der Waals surface area contributed by atoms with Crippen LogP contribution in [0.2, 0.25) is 0 Å². The van der Waals surface area contributed by atoms with E-state index in [2.05, 4.69) is 10.6 Å². The number of hydrogen-bond donors (Lipinski definition) is 2. The number of aryl methyl sites for hydroxylation is 4. The third kappa shape index (κ3) is 12.0. The largest absolute Gasteiger partial charge is 0.457 e. The fourth-order valence-corrected chi connectivity index (χ4v) is 12.5. The van der Waals surface area contributed by atoms with Crippen LogP contribution in [0.25, 0.3) is 43.1 Å². The number of ether oxygens (including phenoxy) is 8. The molecule has 0 radical (unpaired) electrons. The molecule has 0 aromatic heterocycles. The number of anilines is 2. The van der Waals surface area contributed by atoms with Crippen molar-refractivity contribution in [2.45, 2.75) is 64.3 Å². The molecular weight excluding hydrogens is 1310 g/mol. The third-order valence-corrected chi connectivity index (χ3v) is 17.6. The number of epoxide rings is 2. The quantitative estimate of drug-likeness (QED) is 0.0138. The molecule has 504 valence electrons. The summed E-state index contributed by atoms with van der Waals surface area (Å²) < 4.78 is 145. The van der Waals surface area contributed by atoms with Crippen molar-refractivity contribution in [2.75, 3.05) is 36.9 Å². The fraction of sp³-hybridized carbons (Fsp3) is 0.184. The van der Waals surface area contributed by atoms with Crippen molar-refractivity contribution in [3.05, 3.63) is 214 Å². The molecule has 4 amide bonds. The number of hydrogen-bond acceptors (Lipinski definition) is 16. The number of carbonyl (C=O) groups excluding carboxylic acids is 6. The van der Waals surface area contributed by atoms with E-state index >= 15 is 45.5 Å². The van der Waals surface area contributed by atoms with Crippen LogP contribution >= 0.6 is 0 Å². The van der Waals surface area contributed by atoms with Crippen molar-refractivity contribution >= 4 is 90.0 Å². The molecule has 24 heteroatoms. The monoisotopic (exact) mass is 1360 g/mol. The Balaban J connectivity index is 1.01. The molecule has 4 aliphatic rings. The molecule has 15 rings (SSSR count). The molecule has 0 aliphatic carbocycles. The minimum absolute atomic E-state index is 0.0282. The van der Waals surface area contributed by atoms with Crippen molar-refractivity contribution in [2.24, 2.45) is 0 Å². The highest BCUT2D eigenvalue weighted by molar-refractivity contribution is 6.45. The second kappa shape index (κ2) is 24.7. The number of rotatable bonds is 20. The second-order valence-corrected chi connectivity index (χ2v) is 24.8. The average molecular weight is 1360 g/mol. The molecule has 0 spiro atoms. The predicted octanol–water partition coefficient (Wildman–Crippen LogP) is 16.0. The van der Waals surface area contributed by atoms with Crippen molar-refractivity contribution in [1.29, 1.82) is 0 Å². The summed E-state index contributed by atoms with van der Waals surface area (Å²) in [6.07, 6.45) is -11.4. The number of amides is 4. The number of carbonyl (C=O) groups is 6. The lowest BCUT2D eigenvalue weighted by Gasteiger charge is -2.35. The topological polar surface area (TPSA) is 213 Å². The second-order valence-electron chi connectivity index (χ2n) is 24.8. The highest BCUT2D eigenvalue weighted by Crippen LogP contribution is 2.58. The van der Waals surface area contributed by atoms with Crippen LogP contribution in [-0.4, -0.2) is 108 Å². The van der Waals surface area contributed by atoms with Crippen molar-refractivity contribution < 1.29 is 93.0 Å². The van der Waals surface area contributed by atoms with Gasteiger partial charge in [0.2, 0.25) is 12.1 Å². The Morgan fingerprint density at radius 2 is 0.630 bits per heavy atom. The van der Waals surface area contributed by atoms with E-state index in [4.69, 9.17) is 37.9 Å². The molecular formula is C76H54F6N4O14. The van der Waals surface area contributed by atoms with Gasteiger partial charge in [0.1, 0.15) is 57.5 Å². The lowest BCUT2D eigenvalue weighted by atomic mass is 9.80. The average Bonchev–Trinajstić information content (AvgIpc) is 0.944. The molecule has 2 saturated heterocycles. The maximum absolute atomic E-state index is 16.1. The molecule has 4 atom stereocenters. The van der Waals surface area contributed by atoms with Crippen LogP contribution in [0.1, 0.15) is 63.7 Å². The van der Waals surface area contributed by atoms with Crippen LogP contribution in [-0.2, 0) is 19.1 Å². The SMILES string of the molecule is Cc1ccc(Oc2cc3c4c(cc(Oc5ccc(C)cc5)c5c6c(Oc7ccc(C)cc7)cc7c8c(cc(Oc9ccc(C)cc9)c(c2c45)c86)C(=O)N(C(C(=O)Oc2ccc(NCC4CO4)cc2)C(F)(F)F)C7=O)C(=O)N(C(C(=O)Oc2ccc(NCC4CO4)cc2)C(F)(F)F)C3=O)cc1. The summed E-state index contributed by atoms with van der Waals surface area (Å²) in [5, 5.41) is 4.80. The van der Waals surface area contributed by atoms with E-state index in [-0.39, 0.29) is 123 Å². The van der Waals surface area contributed by atoms with Gasteiger partial charge in [0.15, 0.2) is 0 Å². The summed E-state index contributed by atoms with van der Waals surface area (Å²) in [5.41, 5.74) is 1.60. The van der Waals surface area contributed by atoms with Gasteiger partial charge in [-0.05, 0) is 149 Å². The van der Waals surface area contributed by atoms with E-state index in [1.165, 1.54) is 48.5 Å². The molecule has 0 saturated carbocycles. The smallest absolute Gasteiger partial charge is 0.420 e. The van der Waals surface area contributed by atoms with Crippen molar-refractivity contribution in [3.8, 4) is 57.5 Å². The summed E-state index contributed by atoms with van der Waals surface area (Å²) in [5.74, 6) is -12.5. The van der Waals surface area contributed by atoms with Crippen molar-refractivity contribution in [1.82, 2.24) is 9.80 Å². The minimum Gasteiger partial charge on any atom is -0.457 e. The van der Waals surface area contributed by atoms with E-state index in [0.717, 1.165) is 46.5 Å². The molecule has 2 fully saturated rings. The van der Waals surface area contributed by atoms with Gasteiger partial charge < -0.3 is 48.5 Å². The predicted molar refractivity (Wildman–Crippen MR) is 354 cm³/mol. The molecule has 4 heterocycles. The maximum atomic E-state index is 16.1. The van der Waals surface area contributed by atoms with Crippen LogP contribution in [0.3, 0.4) is 0 Å². The third-order valence-electron chi connectivity index (χ3n) is 17.6. The van der Waals surface area contributed by atoms with Crippen LogP contribution in [0.5, 0.6) is 57.5 Å². The normalized spacial score (nSPS) is 16.3. The van der Waals surface area contributed by atoms with Gasteiger partial charge in [0.25, 0.3) is 23.6 Å². The highest BCUT2D eigenvalue weighted by Gasteiger charge is 2.58. The van der Waals surface area contributed by atoms with E-state index < -0.39 is 82.3 Å². The zero-order chi connectivity index (χ0) is 69.8. The van der Waals surface area contributed by atoms with E-state index in [9.17, 15) is 9.59 Å². The van der Waals surface area contributed by atoms with Gasteiger partial charge in [-0.3, -0.25) is 29.0 Å². The van der Waals surface area contributed by atoms with Gasteiger partial charge in [-0.2, -0.15) is 26.3 Å². The first-order valence-electron chi connectivity index (χ1n) is 31.5. The van der Waals surface area contributed by atoms with Crippen molar-refractivity contribution in [3.63, 3.8) is 0 Å². The summed E-state index contributed by atoms with van der Waals surface area (Å²) in [6.45, 7) is 9.10. The molecule has 100 heavy (non-hydrogen) atoms. The zero-order valence-electron chi connectivity index (χ0n) is 53.2. The molecule has 0 bridgehead atoms. The number of alkyl halides is 6. The summed E-state index contributed by atoms with van der Waals surface area (Å²) >= 11 is 0. The van der Waals surface area contributed by atoms with Crippen LogP contribution < -0.4 is 39.1 Å². The van der Waals surface area contributed by atoms with Crippen LogP contribution in [0.4, 0.5) is 37.7 Å². The van der Waals surface area contributed by atoms with Gasteiger partial charge in [0.05, 0.1) is 47.7 Å². The number of fused-ring (bicyclic) bond motifs is 2. The lowest BCUT2D eigenvalue weighted by Crippen LogP contribution is -2.58. The van der Waals surface area contributed by atoms with E-state index in [1.807, 2.05) is 0 Å². The molecule has 4 aliphatic heterocycles. The Kier molecular flexibility index (Phi) is 15.8. The van der Waals surface area contributed by atoms with E-state index in [1.54, 1.807) is 125 Å². The number of nitrogens with zero attached hydrogens (tertiary/aromatic N) is 2. The number of nitrogens with one attached hydrogen (secondary N) is 2. The standard InChI is InChI=1S/C76H54F6N4O14/c1-37-5-17-43(18-6-37)95-55-29-51-59-52(70(88)85(69(51)87)67(75(77,78)79)73(91)99-47-25-13-41(14-26-47)83-33-49-35-93-49)31-57(97-45-21-9-39(3)10-22-45)63-64-58(98-46-23-11-40(4)12-24-46)32-54-60-53(30-56(62(66(60)64)61(55)65(59)63)96-44-19-7-38(2)8-20-44)71(89)86(72(54)90)68(76(80,81)82)74(92)100-48-27-15-42(16-28-48)84-34-50-36-94-50/h5-32,49-50,67-68,83-84H,33-36H2,1-4H3. The van der Waals surface area contributed by atoms with Crippen LogP contribution in [0.15, 0.2) is 170 Å². The maximum Gasteiger partial charge on any atom is 0.420 e. The Morgan fingerprint density at radius 3 is 0.860 bits per heavy atom. The molecule has 4 unspecified atom stereocenters. The summed E-state index contributed by atoms with van der Waals surface area (Å²) in [4.78, 5) is 91.2. The summed E-state index contributed by atoms with van der Waals surface area (Å²) in [6, 6.07) is 33.7. The zero-order valence-corrected chi connectivity index (χ0v) is 53.2. The Morgan fingerprint density at radius 1 is 0.390 bits per heavy atom. The number of benzene rings is 11.